The fourth-order valence-electron chi connectivity index (χ4n) is 3.09. The molecule has 3 N–H and O–H groups in total. The minimum Gasteiger partial charge on any atom is -0.872 e. The average molecular weight is 876 g/mol. The zero-order valence-corrected chi connectivity index (χ0v) is 30.2. The summed E-state index contributed by atoms with van der Waals surface area (Å²) >= 11 is 9.93. The summed E-state index contributed by atoms with van der Waals surface area (Å²) in [6.07, 6.45) is 6.90. The number of phenols is 1. The van der Waals surface area contributed by atoms with Gasteiger partial charge in [0.1, 0.15) is 5.75 Å². The Morgan fingerprint density at radius 1 is 1.07 bits per heavy atom. The molecule has 3 aromatic rings. The fraction of sp³-hybridized carbons (Fsp3) is 0.214. The van der Waals surface area contributed by atoms with E-state index in [1.54, 1.807) is 36.4 Å². The predicted molar refractivity (Wildman–Crippen MR) is 176 cm³/mol. The smallest absolute Gasteiger partial charge is 0.872 e. The predicted octanol–water partition coefficient (Wildman–Crippen LogP) is 5.41. The van der Waals surface area contributed by atoms with Crippen LogP contribution < -0.4 is 21.1 Å². The monoisotopic (exact) mass is 872 g/mol. The van der Waals surface area contributed by atoms with E-state index in [1.165, 1.54) is 55.7 Å². The van der Waals surface area contributed by atoms with E-state index in [0.717, 1.165) is 13.4 Å². The third kappa shape index (κ3) is 13.9. The van der Waals surface area contributed by atoms with Gasteiger partial charge in [0, 0.05) is 26.2 Å². The Labute approximate surface area is 285 Å². The van der Waals surface area contributed by atoms with Crippen molar-refractivity contribution < 1.29 is 35.8 Å². The zero-order valence-electron chi connectivity index (χ0n) is 23.0. The number of aromatic hydroxyl groups is 1. The van der Waals surface area contributed by atoms with E-state index in [-0.39, 0.29) is 43.3 Å². The SMILES string of the molecule is CCP(CC)CC.O=c1cc[c-](Br)cc1[CH-][NH+]=N/C(=N\N=C\c1cc(Br)ccc1[O-])N/N=C/c1cc(Br)ccc1O.[Pd+2]. The van der Waals surface area contributed by atoms with Crippen LogP contribution in [0, 0.1) is 6.54 Å². The maximum absolute atomic E-state index is 11.9. The molecule has 0 aliphatic carbocycles. The van der Waals surface area contributed by atoms with Gasteiger partial charge in [0.15, 0.2) is 0 Å². The maximum atomic E-state index is 11.9. The molecular formula is C28H30Br3N6O3PPd. The number of phenolic OH excluding ortho intramolecular Hbond substituents is 1. The molecule has 0 aromatic heterocycles. The molecular weight excluding hydrogens is 845 g/mol. The minimum atomic E-state index is -0.221. The summed E-state index contributed by atoms with van der Waals surface area (Å²) in [5.74, 6) is -0.270. The van der Waals surface area contributed by atoms with Crippen LogP contribution in [0.2, 0.25) is 0 Å². The van der Waals surface area contributed by atoms with Gasteiger partial charge in [-0.2, -0.15) is 33.0 Å². The molecule has 14 heteroatoms. The van der Waals surface area contributed by atoms with Crippen LogP contribution in [0.25, 0.3) is 0 Å². The first-order valence-corrected chi connectivity index (χ1v) is 16.8. The van der Waals surface area contributed by atoms with Crippen molar-refractivity contribution in [2.45, 2.75) is 20.8 Å². The number of hydrogen-bond acceptors (Lipinski definition) is 6. The summed E-state index contributed by atoms with van der Waals surface area (Å²) < 4.78 is 2.21. The largest absolute Gasteiger partial charge is 2.00 e. The number of nitrogens with one attached hydrogen (secondary N) is 2. The fourth-order valence-corrected chi connectivity index (χ4v) is 5.57. The second-order valence-corrected chi connectivity index (χ2v) is 14.1. The number of azo groups is 1. The van der Waals surface area contributed by atoms with E-state index in [1.807, 2.05) is 0 Å². The van der Waals surface area contributed by atoms with E-state index in [9.17, 15) is 15.0 Å². The molecule has 42 heavy (non-hydrogen) atoms. The molecule has 0 fully saturated rings. The summed E-state index contributed by atoms with van der Waals surface area (Å²) in [5.41, 5.74) is 3.53. The third-order valence-electron chi connectivity index (χ3n) is 5.38. The van der Waals surface area contributed by atoms with Crippen LogP contribution in [0.15, 0.2) is 93.2 Å². The molecule has 0 amide bonds. The maximum Gasteiger partial charge on any atom is 2.00 e. The Balaban J connectivity index is 0.000000981. The average Bonchev–Trinajstić information content (AvgIpc) is 2.95. The normalized spacial score (nSPS) is 11.5. The number of hydrogen-bond donors (Lipinski definition) is 3. The summed E-state index contributed by atoms with van der Waals surface area (Å²) in [6.45, 7) is 8.26. The third-order valence-corrected chi connectivity index (χ3v) is 9.55. The van der Waals surface area contributed by atoms with Crippen molar-refractivity contribution in [1.82, 2.24) is 5.43 Å². The van der Waals surface area contributed by atoms with Crippen molar-refractivity contribution in [2.24, 2.45) is 20.4 Å². The quantitative estimate of drug-likeness (QED) is 0.0504. The van der Waals surface area contributed by atoms with Gasteiger partial charge in [0.2, 0.25) is 0 Å². The molecule has 226 valence electrons. The summed E-state index contributed by atoms with van der Waals surface area (Å²) in [5, 5.41) is 40.3. The zero-order chi connectivity index (χ0) is 30.2. The van der Waals surface area contributed by atoms with E-state index in [2.05, 4.69) is 99.5 Å². The van der Waals surface area contributed by atoms with Crippen LogP contribution in [0.5, 0.6) is 11.5 Å². The molecule has 0 saturated heterocycles. The van der Waals surface area contributed by atoms with Crippen molar-refractivity contribution in [3.05, 3.63) is 101 Å². The van der Waals surface area contributed by atoms with Crippen molar-refractivity contribution in [3.63, 3.8) is 0 Å². The van der Waals surface area contributed by atoms with Crippen LogP contribution in [-0.2, 0) is 20.4 Å². The number of benzene rings is 3. The Morgan fingerprint density at radius 2 is 1.71 bits per heavy atom. The van der Waals surface area contributed by atoms with Crippen LogP contribution in [-0.4, -0.2) is 42.0 Å². The molecule has 3 aromatic carbocycles. The standard InChI is InChI=1S/C22H16Br3N6O3.C6H15P.Pd/c23-16-1-4-19(32)13(7-16)10-26-29-22(30-27-11-14-8-17(24)2-5-20(14)33)31-28-12-15-9-18(25)3-6-21(15)34;1-4-7(5-2)6-3;/h1-12,26,33-34H,(H,30,31);4-6H2,1-3H3;/q-1;;+2/p-1/b27-11+,28-12+,29-26?;;. The molecule has 0 saturated carbocycles. The molecule has 0 unspecified atom stereocenters. The number of halogens is 3. The van der Waals surface area contributed by atoms with Gasteiger partial charge in [-0.05, 0) is 59.8 Å². The van der Waals surface area contributed by atoms with Gasteiger partial charge in [-0.15, -0.1) is 33.4 Å². The van der Waals surface area contributed by atoms with Crippen molar-refractivity contribution >= 4 is 74.1 Å². The second kappa shape index (κ2) is 20.7. The first-order chi connectivity index (χ1) is 19.7. The first-order valence-electron chi connectivity index (χ1n) is 12.5. The molecule has 0 atom stereocenters. The van der Waals surface area contributed by atoms with Gasteiger partial charge >= 0.3 is 26.4 Å². The molecule has 0 bridgehead atoms. The van der Waals surface area contributed by atoms with E-state index in [0.29, 0.717) is 24.6 Å². The number of nitrogens with zero attached hydrogens (tertiary/aromatic N) is 4. The molecule has 9 nitrogen and oxygen atoms in total. The molecule has 0 aliphatic heterocycles. The summed E-state index contributed by atoms with van der Waals surface area (Å²) in [6, 6.07) is 14.2. The van der Waals surface area contributed by atoms with Gasteiger partial charge in [-0.1, -0.05) is 64.4 Å². The van der Waals surface area contributed by atoms with Gasteiger partial charge < -0.3 is 15.0 Å². The van der Waals surface area contributed by atoms with Gasteiger partial charge in [-0.3, -0.25) is 6.07 Å². The Hall–Kier alpha value is -2.13. The van der Waals surface area contributed by atoms with E-state index >= 15 is 0 Å². The summed E-state index contributed by atoms with van der Waals surface area (Å²) in [4.78, 5) is 11.9. The van der Waals surface area contributed by atoms with E-state index < -0.39 is 0 Å². The van der Waals surface area contributed by atoms with Crippen LogP contribution in [0.3, 0.4) is 0 Å². The number of hydrazone groups is 1. The van der Waals surface area contributed by atoms with Crippen molar-refractivity contribution in [2.75, 3.05) is 18.5 Å². The topological polar surface area (TPSA) is 136 Å². The van der Waals surface area contributed by atoms with Crippen LogP contribution >= 0.6 is 55.7 Å². The molecule has 0 aliphatic rings. The minimum absolute atomic E-state index is 0. The molecule has 3 rings (SSSR count). The Morgan fingerprint density at radius 3 is 2.36 bits per heavy atom. The van der Waals surface area contributed by atoms with Gasteiger partial charge in [0.05, 0.1) is 12.4 Å². The number of rotatable bonds is 9. The van der Waals surface area contributed by atoms with Crippen molar-refractivity contribution in [1.29, 1.82) is 0 Å². The van der Waals surface area contributed by atoms with Crippen LogP contribution in [0.4, 0.5) is 0 Å². The molecule has 0 heterocycles. The molecule has 0 spiro atoms. The van der Waals surface area contributed by atoms with E-state index in [4.69, 9.17) is 0 Å². The van der Waals surface area contributed by atoms with Gasteiger partial charge in [0.25, 0.3) is 0 Å². The Bertz CT molecular complexity index is 1460. The van der Waals surface area contributed by atoms with Crippen molar-refractivity contribution in [3.8, 4) is 11.5 Å². The number of guanidine groups is 1. The Kier molecular flexibility index (Phi) is 18.7. The molecule has 0 radical (unpaired) electrons. The summed E-state index contributed by atoms with van der Waals surface area (Å²) in [7, 11) is 0.446. The second-order valence-electron chi connectivity index (χ2n) is 8.11. The van der Waals surface area contributed by atoms with Gasteiger partial charge in [-0.25, -0.2) is 5.43 Å². The first kappa shape index (κ1) is 37.9. The van der Waals surface area contributed by atoms with Crippen LogP contribution in [0.1, 0.15) is 37.5 Å².